The standard InChI is InChI=1S/C32H54O/c1-7-8-9-13-25-28-15-14-24-27-17-16-26(23(4)12-10-11-22(2)3)31(27,5)20-18-29(24)32(28,6)21-19-30(25)33/h8-9,22-29H,7,10-21H2,1-6H3/b9-8+/t23-,24+,25+,26-,27+,28+,29+,31-,32+/m1/s1. The van der Waals surface area contributed by atoms with Gasteiger partial charge in [0.05, 0.1) is 0 Å². The average molecular weight is 455 g/mol. The molecule has 0 bridgehead atoms. The molecule has 4 aliphatic carbocycles. The minimum Gasteiger partial charge on any atom is -0.299 e. The zero-order chi connectivity index (χ0) is 23.8. The first-order valence-corrected chi connectivity index (χ1v) is 14.9. The summed E-state index contributed by atoms with van der Waals surface area (Å²) in [5.74, 6) is 6.95. The van der Waals surface area contributed by atoms with Crippen molar-refractivity contribution < 1.29 is 4.79 Å². The highest BCUT2D eigenvalue weighted by Crippen LogP contribution is 2.68. The van der Waals surface area contributed by atoms with Crippen molar-refractivity contribution in [2.75, 3.05) is 0 Å². The normalized spacial score (nSPS) is 44.0. The molecule has 0 aromatic rings. The van der Waals surface area contributed by atoms with E-state index in [1.165, 1.54) is 64.2 Å². The number of hydrogen-bond donors (Lipinski definition) is 0. The van der Waals surface area contributed by atoms with Gasteiger partial charge in [-0.05, 0) is 110 Å². The molecule has 4 rings (SSSR count). The van der Waals surface area contributed by atoms with Crippen LogP contribution >= 0.6 is 0 Å². The fraction of sp³-hybridized carbons (Fsp3) is 0.906. The lowest BCUT2D eigenvalue weighted by molar-refractivity contribution is -0.152. The lowest BCUT2D eigenvalue weighted by atomic mass is 9.43. The maximum Gasteiger partial charge on any atom is 0.136 e. The summed E-state index contributed by atoms with van der Waals surface area (Å²) >= 11 is 0. The van der Waals surface area contributed by atoms with Crippen molar-refractivity contribution in [1.82, 2.24) is 0 Å². The predicted octanol–water partition coefficient (Wildman–Crippen LogP) is 9.26. The van der Waals surface area contributed by atoms with Gasteiger partial charge in [-0.2, -0.15) is 0 Å². The molecule has 0 amide bonds. The Balaban J connectivity index is 1.48. The third-order valence-corrected chi connectivity index (χ3v) is 11.7. The maximum absolute atomic E-state index is 13.0. The summed E-state index contributed by atoms with van der Waals surface area (Å²) in [6, 6.07) is 0. The lowest BCUT2D eigenvalue weighted by Crippen LogP contribution is -2.56. The van der Waals surface area contributed by atoms with Crippen LogP contribution in [0.25, 0.3) is 0 Å². The first-order chi connectivity index (χ1) is 15.7. The highest BCUT2D eigenvalue weighted by molar-refractivity contribution is 5.82. The Kier molecular flexibility index (Phi) is 7.87. The molecule has 4 saturated carbocycles. The third kappa shape index (κ3) is 4.65. The van der Waals surface area contributed by atoms with Gasteiger partial charge in [-0.25, -0.2) is 0 Å². The largest absolute Gasteiger partial charge is 0.299 e. The Bertz CT molecular complexity index is 705. The number of rotatable bonds is 8. The van der Waals surface area contributed by atoms with Crippen molar-refractivity contribution in [2.24, 2.45) is 58.2 Å². The Labute approximate surface area is 206 Å². The van der Waals surface area contributed by atoms with Gasteiger partial charge < -0.3 is 0 Å². The number of ketones is 1. The average Bonchev–Trinajstić information content (AvgIpc) is 3.12. The van der Waals surface area contributed by atoms with Gasteiger partial charge in [0, 0.05) is 12.3 Å². The minimum atomic E-state index is 0.304. The second kappa shape index (κ2) is 10.2. The Morgan fingerprint density at radius 2 is 1.61 bits per heavy atom. The van der Waals surface area contributed by atoms with Crippen LogP contribution in [-0.2, 0) is 4.79 Å². The maximum atomic E-state index is 13.0. The topological polar surface area (TPSA) is 17.1 Å². The molecule has 4 aliphatic rings. The van der Waals surface area contributed by atoms with Crippen LogP contribution in [0.1, 0.15) is 125 Å². The number of carbonyl (C=O) groups excluding carboxylic acids is 1. The van der Waals surface area contributed by atoms with Crippen LogP contribution in [-0.4, -0.2) is 5.78 Å². The fourth-order valence-electron chi connectivity index (χ4n) is 10.0. The molecule has 0 radical (unpaired) electrons. The van der Waals surface area contributed by atoms with Gasteiger partial charge >= 0.3 is 0 Å². The number of hydrogen-bond acceptors (Lipinski definition) is 1. The Morgan fingerprint density at radius 1 is 0.879 bits per heavy atom. The van der Waals surface area contributed by atoms with Crippen LogP contribution in [0.4, 0.5) is 0 Å². The highest BCUT2D eigenvalue weighted by Gasteiger charge is 2.61. The molecule has 0 aliphatic heterocycles. The van der Waals surface area contributed by atoms with E-state index in [1.54, 1.807) is 0 Å². The van der Waals surface area contributed by atoms with E-state index in [9.17, 15) is 4.79 Å². The molecule has 1 nitrogen and oxygen atoms in total. The summed E-state index contributed by atoms with van der Waals surface area (Å²) < 4.78 is 0. The van der Waals surface area contributed by atoms with Crippen LogP contribution in [0.2, 0.25) is 0 Å². The van der Waals surface area contributed by atoms with Crippen LogP contribution in [0.5, 0.6) is 0 Å². The van der Waals surface area contributed by atoms with Crippen molar-refractivity contribution in [3.63, 3.8) is 0 Å². The molecule has 33 heavy (non-hydrogen) atoms. The Hall–Kier alpha value is -0.590. The van der Waals surface area contributed by atoms with E-state index in [0.29, 0.717) is 28.4 Å². The first kappa shape index (κ1) is 25.5. The number of fused-ring (bicyclic) bond motifs is 5. The fourth-order valence-corrected chi connectivity index (χ4v) is 10.0. The SMILES string of the molecule is CC/C=C/C[C@@H]1C(=O)CC[C@]2(C)[C@H]3CC[C@]4(C)[C@@H]([C@H](C)CCCC(C)C)CC[C@H]4[C@@H]3CC[C@@H]12. The van der Waals surface area contributed by atoms with E-state index in [1.807, 2.05) is 0 Å². The summed E-state index contributed by atoms with van der Waals surface area (Å²) in [6.07, 6.45) is 21.5. The Morgan fingerprint density at radius 3 is 2.33 bits per heavy atom. The van der Waals surface area contributed by atoms with E-state index in [0.717, 1.165) is 54.8 Å². The van der Waals surface area contributed by atoms with Gasteiger partial charge in [-0.3, -0.25) is 4.79 Å². The van der Waals surface area contributed by atoms with E-state index < -0.39 is 0 Å². The van der Waals surface area contributed by atoms with Gasteiger partial charge in [-0.15, -0.1) is 0 Å². The molecule has 0 N–H and O–H groups in total. The second-order valence-corrected chi connectivity index (χ2v) is 13.8. The van der Waals surface area contributed by atoms with Gasteiger partial charge in [0.25, 0.3) is 0 Å². The van der Waals surface area contributed by atoms with E-state index in [-0.39, 0.29) is 0 Å². The monoisotopic (exact) mass is 454 g/mol. The second-order valence-electron chi connectivity index (χ2n) is 13.8. The minimum absolute atomic E-state index is 0.304. The molecule has 0 aromatic carbocycles. The van der Waals surface area contributed by atoms with Gasteiger partial charge in [0.15, 0.2) is 0 Å². The van der Waals surface area contributed by atoms with Gasteiger partial charge in [0.2, 0.25) is 0 Å². The molecule has 9 atom stereocenters. The van der Waals surface area contributed by atoms with Crippen LogP contribution in [0.3, 0.4) is 0 Å². The molecule has 0 aromatic heterocycles. The van der Waals surface area contributed by atoms with Crippen molar-refractivity contribution in [1.29, 1.82) is 0 Å². The molecule has 0 heterocycles. The number of carbonyl (C=O) groups is 1. The van der Waals surface area contributed by atoms with E-state index in [2.05, 4.69) is 53.7 Å². The molecule has 4 fully saturated rings. The van der Waals surface area contributed by atoms with Crippen molar-refractivity contribution in [3.05, 3.63) is 12.2 Å². The number of allylic oxidation sites excluding steroid dienone is 2. The van der Waals surface area contributed by atoms with Crippen molar-refractivity contribution >= 4 is 5.78 Å². The van der Waals surface area contributed by atoms with Crippen LogP contribution in [0, 0.1) is 58.2 Å². The summed E-state index contributed by atoms with van der Waals surface area (Å²) in [5.41, 5.74) is 0.985. The summed E-state index contributed by atoms with van der Waals surface area (Å²) in [5, 5.41) is 0. The van der Waals surface area contributed by atoms with E-state index >= 15 is 0 Å². The molecular weight excluding hydrogens is 400 g/mol. The lowest BCUT2D eigenvalue weighted by Gasteiger charge is -2.62. The van der Waals surface area contributed by atoms with Gasteiger partial charge in [0.1, 0.15) is 5.78 Å². The van der Waals surface area contributed by atoms with Gasteiger partial charge in [-0.1, -0.05) is 73.0 Å². The zero-order valence-corrected chi connectivity index (χ0v) is 22.9. The predicted molar refractivity (Wildman–Crippen MR) is 141 cm³/mol. The van der Waals surface area contributed by atoms with E-state index in [4.69, 9.17) is 0 Å². The smallest absolute Gasteiger partial charge is 0.136 e. The molecule has 0 spiro atoms. The summed E-state index contributed by atoms with van der Waals surface area (Å²) in [6.45, 7) is 14.9. The number of Topliss-reactive ketones (excluding diaryl/α,β-unsaturated/α-hetero) is 1. The molecule has 188 valence electrons. The molecule has 0 unspecified atom stereocenters. The van der Waals surface area contributed by atoms with Crippen molar-refractivity contribution in [3.8, 4) is 0 Å². The molecule has 1 heteroatoms. The molecular formula is C32H54O. The third-order valence-electron chi connectivity index (χ3n) is 11.7. The van der Waals surface area contributed by atoms with Crippen LogP contribution < -0.4 is 0 Å². The zero-order valence-electron chi connectivity index (χ0n) is 22.9. The van der Waals surface area contributed by atoms with Crippen molar-refractivity contribution in [2.45, 2.75) is 125 Å². The quantitative estimate of drug-likeness (QED) is 0.334. The first-order valence-electron chi connectivity index (χ1n) is 14.9. The summed E-state index contributed by atoms with van der Waals surface area (Å²) in [7, 11) is 0. The summed E-state index contributed by atoms with van der Waals surface area (Å²) in [4.78, 5) is 13.0. The van der Waals surface area contributed by atoms with Crippen LogP contribution in [0.15, 0.2) is 12.2 Å². The molecule has 0 saturated heterocycles. The highest BCUT2D eigenvalue weighted by atomic mass is 16.1.